The smallest absolute Gasteiger partial charge is 0.0731 e. The number of hydrogen-bond donors (Lipinski definition) is 1. The van der Waals surface area contributed by atoms with Crippen molar-refractivity contribution < 1.29 is 4.74 Å². The topological polar surface area (TPSA) is 39.1 Å². The van der Waals surface area contributed by atoms with Crippen molar-refractivity contribution in [1.82, 2.24) is 9.78 Å². The highest BCUT2D eigenvalue weighted by Gasteiger charge is 2.32. The standard InChI is InChI=1S/C16H20ClN3O/c1-21-9-8-20-11-15(10-18-20)19-16(12-2-3-12)13-4-6-14(17)7-5-13/h4-7,10-12,16,19H,2-3,8-9H2,1H3. The van der Waals surface area contributed by atoms with Crippen LogP contribution in [0.1, 0.15) is 24.4 Å². The molecule has 3 rings (SSSR count). The average Bonchev–Trinajstić information content (AvgIpc) is 3.24. The van der Waals surface area contributed by atoms with Crippen LogP contribution in [0.25, 0.3) is 0 Å². The summed E-state index contributed by atoms with van der Waals surface area (Å²) in [6.45, 7) is 1.44. The molecule has 1 aromatic heterocycles. The Labute approximate surface area is 130 Å². The lowest BCUT2D eigenvalue weighted by Crippen LogP contribution is -2.12. The first kappa shape index (κ1) is 14.4. The van der Waals surface area contributed by atoms with Crippen molar-refractivity contribution in [3.8, 4) is 0 Å². The molecule has 1 N–H and O–H groups in total. The van der Waals surface area contributed by atoms with Gasteiger partial charge >= 0.3 is 0 Å². The van der Waals surface area contributed by atoms with Gasteiger partial charge in [0.25, 0.3) is 0 Å². The summed E-state index contributed by atoms with van der Waals surface area (Å²) >= 11 is 5.98. The van der Waals surface area contributed by atoms with Crippen molar-refractivity contribution in [2.24, 2.45) is 5.92 Å². The normalized spacial score (nSPS) is 15.9. The molecule has 5 heteroatoms. The third kappa shape index (κ3) is 3.77. The minimum Gasteiger partial charge on any atom is -0.383 e. The van der Waals surface area contributed by atoms with Gasteiger partial charge in [0.15, 0.2) is 0 Å². The highest BCUT2D eigenvalue weighted by Crippen LogP contribution is 2.43. The number of anilines is 1. The van der Waals surface area contributed by atoms with Gasteiger partial charge in [0.05, 0.1) is 31.1 Å². The van der Waals surface area contributed by atoms with E-state index < -0.39 is 0 Å². The van der Waals surface area contributed by atoms with E-state index in [1.807, 2.05) is 29.2 Å². The maximum atomic E-state index is 5.98. The second-order valence-electron chi connectivity index (χ2n) is 5.50. The van der Waals surface area contributed by atoms with Crippen LogP contribution in [0.3, 0.4) is 0 Å². The van der Waals surface area contributed by atoms with Crippen LogP contribution in [0.15, 0.2) is 36.7 Å². The maximum Gasteiger partial charge on any atom is 0.0731 e. The first-order chi connectivity index (χ1) is 10.3. The van der Waals surface area contributed by atoms with Gasteiger partial charge in [-0.2, -0.15) is 5.10 Å². The average molecular weight is 306 g/mol. The minimum atomic E-state index is 0.336. The Morgan fingerprint density at radius 3 is 2.81 bits per heavy atom. The lowest BCUT2D eigenvalue weighted by atomic mass is 10.0. The Bertz CT molecular complexity index is 577. The lowest BCUT2D eigenvalue weighted by Gasteiger charge is -2.19. The van der Waals surface area contributed by atoms with Crippen molar-refractivity contribution in [2.75, 3.05) is 19.0 Å². The number of nitrogens with zero attached hydrogens (tertiary/aromatic N) is 2. The molecular formula is C16H20ClN3O. The quantitative estimate of drug-likeness (QED) is 0.847. The molecule has 2 aromatic rings. The van der Waals surface area contributed by atoms with Crippen molar-refractivity contribution in [3.05, 3.63) is 47.2 Å². The summed E-state index contributed by atoms with van der Waals surface area (Å²) in [5.74, 6) is 0.702. The Morgan fingerprint density at radius 2 is 2.14 bits per heavy atom. The Hall–Kier alpha value is -1.52. The third-order valence-corrected chi connectivity index (χ3v) is 4.05. The van der Waals surface area contributed by atoms with E-state index in [1.54, 1.807) is 7.11 Å². The van der Waals surface area contributed by atoms with Gasteiger partial charge in [-0.3, -0.25) is 4.68 Å². The SMILES string of the molecule is COCCn1cc(NC(c2ccc(Cl)cc2)C2CC2)cn1. The number of aromatic nitrogens is 2. The minimum absolute atomic E-state index is 0.336. The number of hydrogen-bond acceptors (Lipinski definition) is 3. The molecule has 0 spiro atoms. The molecule has 1 fully saturated rings. The summed E-state index contributed by atoms with van der Waals surface area (Å²) in [7, 11) is 1.70. The van der Waals surface area contributed by atoms with Crippen LogP contribution in [-0.2, 0) is 11.3 Å². The van der Waals surface area contributed by atoms with Crippen molar-refractivity contribution in [1.29, 1.82) is 0 Å². The third-order valence-electron chi connectivity index (χ3n) is 3.80. The fourth-order valence-electron chi connectivity index (χ4n) is 2.50. The van der Waals surface area contributed by atoms with Gasteiger partial charge in [0, 0.05) is 18.3 Å². The van der Waals surface area contributed by atoms with Crippen LogP contribution < -0.4 is 5.32 Å². The number of halogens is 1. The van der Waals surface area contributed by atoms with Crippen LogP contribution in [-0.4, -0.2) is 23.5 Å². The first-order valence-electron chi connectivity index (χ1n) is 7.29. The fourth-order valence-corrected chi connectivity index (χ4v) is 2.62. The molecule has 0 saturated heterocycles. The molecule has 0 bridgehead atoms. The largest absolute Gasteiger partial charge is 0.383 e. The molecule has 1 unspecified atom stereocenters. The van der Waals surface area contributed by atoms with Gasteiger partial charge in [-0.05, 0) is 36.5 Å². The Morgan fingerprint density at radius 1 is 1.38 bits per heavy atom. The summed E-state index contributed by atoms with van der Waals surface area (Å²) in [5.41, 5.74) is 2.34. The second kappa shape index (κ2) is 6.50. The van der Waals surface area contributed by atoms with Crippen molar-refractivity contribution in [2.45, 2.75) is 25.4 Å². The summed E-state index contributed by atoms with van der Waals surface area (Å²) < 4.78 is 6.97. The summed E-state index contributed by atoms with van der Waals surface area (Å²) in [5, 5.41) is 8.73. The molecule has 0 radical (unpaired) electrons. The predicted molar refractivity (Wildman–Crippen MR) is 84.6 cm³/mol. The molecule has 1 heterocycles. The van der Waals surface area contributed by atoms with E-state index in [0.29, 0.717) is 18.6 Å². The number of nitrogens with one attached hydrogen (secondary N) is 1. The second-order valence-corrected chi connectivity index (χ2v) is 5.93. The molecule has 1 saturated carbocycles. The molecule has 1 aliphatic carbocycles. The van der Waals surface area contributed by atoms with E-state index in [1.165, 1.54) is 18.4 Å². The van der Waals surface area contributed by atoms with Gasteiger partial charge in [-0.15, -0.1) is 0 Å². The molecule has 0 aliphatic heterocycles. The van der Waals surface area contributed by atoms with Crippen molar-refractivity contribution >= 4 is 17.3 Å². The van der Waals surface area contributed by atoms with Gasteiger partial charge in [0.2, 0.25) is 0 Å². The molecule has 21 heavy (non-hydrogen) atoms. The number of methoxy groups -OCH3 is 1. The van der Waals surface area contributed by atoms with Gasteiger partial charge in [0.1, 0.15) is 0 Å². The zero-order chi connectivity index (χ0) is 14.7. The number of ether oxygens (including phenoxy) is 1. The van der Waals surface area contributed by atoms with Crippen LogP contribution in [0.5, 0.6) is 0 Å². The van der Waals surface area contributed by atoms with Crippen LogP contribution >= 0.6 is 11.6 Å². The molecule has 1 atom stereocenters. The molecule has 1 aliphatic rings. The monoisotopic (exact) mass is 305 g/mol. The van der Waals surface area contributed by atoms with E-state index in [-0.39, 0.29) is 0 Å². The number of rotatable bonds is 7. The van der Waals surface area contributed by atoms with E-state index in [2.05, 4.69) is 22.5 Å². The Kier molecular flexibility index (Phi) is 4.46. The van der Waals surface area contributed by atoms with Gasteiger partial charge in [-0.1, -0.05) is 23.7 Å². The molecule has 112 valence electrons. The van der Waals surface area contributed by atoms with E-state index in [9.17, 15) is 0 Å². The molecular weight excluding hydrogens is 286 g/mol. The summed E-state index contributed by atoms with van der Waals surface area (Å²) in [6.07, 6.45) is 6.46. The number of benzene rings is 1. The molecule has 0 amide bonds. The summed E-state index contributed by atoms with van der Waals surface area (Å²) in [4.78, 5) is 0. The van der Waals surface area contributed by atoms with Crippen LogP contribution in [0, 0.1) is 5.92 Å². The molecule has 1 aromatic carbocycles. The van der Waals surface area contributed by atoms with E-state index in [4.69, 9.17) is 16.3 Å². The maximum absolute atomic E-state index is 5.98. The van der Waals surface area contributed by atoms with Crippen LogP contribution in [0.2, 0.25) is 5.02 Å². The first-order valence-corrected chi connectivity index (χ1v) is 7.67. The Balaban J connectivity index is 1.70. The lowest BCUT2D eigenvalue weighted by molar-refractivity contribution is 0.183. The van der Waals surface area contributed by atoms with Gasteiger partial charge < -0.3 is 10.1 Å². The van der Waals surface area contributed by atoms with E-state index >= 15 is 0 Å². The van der Waals surface area contributed by atoms with Crippen LogP contribution in [0.4, 0.5) is 5.69 Å². The van der Waals surface area contributed by atoms with E-state index in [0.717, 1.165) is 17.3 Å². The zero-order valence-electron chi connectivity index (χ0n) is 12.1. The van der Waals surface area contributed by atoms with Crippen molar-refractivity contribution in [3.63, 3.8) is 0 Å². The highest BCUT2D eigenvalue weighted by atomic mass is 35.5. The zero-order valence-corrected chi connectivity index (χ0v) is 12.9. The summed E-state index contributed by atoms with van der Waals surface area (Å²) in [6, 6.07) is 8.45. The molecule has 4 nitrogen and oxygen atoms in total. The fraction of sp³-hybridized carbons (Fsp3) is 0.438. The highest BCUT2D eigenvalue weighted by molar-refractivity contribution is 6.30. The predicted octanol–water partition coefficient (Wildman–Crippen LogP) is 3.75. The van der Waals surface area contributed by atoms with Gasteiger partial charge in [-0.25, -0.2) is 0 Å².